The molecule has 0 aromatic heterocycles. The Hall–Kier alpha value is -1.45. The van der Waals surface area contributed by atoms with E-state index in [1.54, 1.807) is 12.1 Å². The number of rotatable bonds is 4. The van der Waals surface area contributed by atoms with Crippen molar-refractivity contribution in [3.8, 4) is 0 Å². The topological polar surface area (TPSA) is 20.2 Å². The predicted molar refractivity (Wildman–Crippen MR) is 80.5 cm³/mol. The molecule has 1 nitrogen and oxygen atoms in total. The first-order valence-corrected chi connectivity index (χ1v) is 7.06. The summed E-state index contributed by atoms with van der Waals surface area (Å²) >= 11 is 5.86. The minimum absolute atomic E-state index is 0.136. The van der Waals surface area contributed by atoms with E-state index in [1.165, 1.54) is 30.3 Å². The van der Waals surface area contributed by atoms with Gasteiger partial charge >= 0.3 is 0 Å². The van der Waals surface area contributed by atoms with Gasteiger partial charge in [-0.25, -0.2) is 8.78 Å². The van der Waals surface area contributed by atoms with E-state index in [0.29, 0.717) is 10.6 Å². The van der Waals surface area contributed by atoms with Crippen molar-refractivity contribution in [3.05, 3.63) is 70.2 Å². The van der Waals surface area contributed by atoms with Crippen LogP contribution in [0.5, 0.6) is 0 Å². The third-order valence-electron chi connectivity index (χ3n) is 3.84. The molecule has 2 rings (SSSR count). The van der Waals surface area contributed by atoms with Crippen molar-refractivity contribution < 1.29 is 13.9 Å². The quantitative estimate of drug-likeness (QED) is 0.881. The maximum Gasteiger partial charge on any atom is 0.126 e. The molecule has 112 valence electrons. The number of halogens is 3. The van der Waals surface area contributed by atoms with Gasteiger partial charge in [0.25, 0.3) is 0 Å². The van der Waals surface area contributed by atoms with Crippen molar-refractivity contribution in [2.24, 2.45) is 0 Å². The van der Waals surface area contributed by atoms with Gasteiger partial charge < -0.3 is 5.11 Å². The average Bonchev–Trinajstić information content (AvgIpc) is 2.43. The number of hydrogen-bond donors (Lipinski definition) is 1. The lowest BCUT2D eigenvalue weighted by atomic mass is 9.77. The first kappa shape index (κ1) is 15.9. The van der Waals surface area contributed by atoms with Crippen LogP contribution in [0, 0.1) is 11.6 Å². The molecular weight excluding hydrogens is 294 g/mol. The van der Waals surface area contributed by atoms with E-state index >= 15 is 0 Å². The molecule has 1 atom stereocenters. The van der Waals surface area contributed by atoms with Crippen LogP contribution in [0.1, 0.15) is 25.0 Å². The van der Waals surface area contributed by atoms with E-state index < -0.39 is 17.3 Å². The Morgan fingerprint density at radius 2 is 1.71 bits per heavy atom. The summed E-state index contributed by atoms with van der Waals surface area (Å²) in [5.74, 6) is -0.724. The lowest BCUT2D eigenvalue weighted by molar-refractivity contribution is 0.0991. The molecule has 0 aliphatic carbocycles. The monoisotopic (exact) mass is 310 g/mol. The second-order valence-electron chi connectivity index (χ2n) is 5.68. The molecule has 2 aromatic carbocycles. The van der Waals surface area contributed by atoms with E-state index in [9.17, 15) is 13.9 Å². The van der Waals surface area contributed by atoms with Crippen molar-refractivity contribution in [1.82, 2.24) is 0 Å². The molecule has 0 amide bonds. The third-order valence-corrected chi connectivity index (χ3v) is 4.08. The van der Waals surface area contributed by atoms with Crippen LogP contribution in [0.3, 0.4) is 0 Å². The fourth-order valence-corrected chi connectivity index (χ4v) is 2.43. The molecule has 0 aliphatic heterocycles. The molecule has 0 fully saturated rings. The summed E-state index contributed by atoms with van der Waals surface area (Å²) in [6.45, 7) is 3.68. The van der Waals surface area contributed by atoms with Crippen LogP contribution in [0.25, 0.3) is 0 Å². The summed E-state index contributed by atoms with van der Waals surface area (Å²) in [5.41, 5.74) is 0.520. The minimum Gasteiger partial charge on any atom is -0.392 e. The highest BCUT2D eigenvalue weighted by atomic mass is 35.5. The second-order valence-corrected chi connectivity index (χ2v) is 6.12. The van der Waals surface area contributed by atoms with E-state index in [0.717, 1.165) is 5.56 Å². The van der Waals surface area contributed by atoms with E-state index in [4.69, 9.17) is 11.6 Å². The molecule has 0 saturated carbocycles. The Balaban J connectivity index is 2.23. The molecule has 2 aromatic rings. The average molecular weight is 311 g/mol. The number of benzene rings is 2. The summed E-state index contributed by atoms with van der Waals surface area (Å²) in [6, 6.07) is 10.2. The lowest BCUT2D eigenvalue weighted by Crippen LogP contribution is -2.35. The molecule has 0 saturated heterocycles. The first-order chi connectivity index (χ1) is 9.80. The highest BCUT2D eigenvalue weighted by Gasteiger charge is 2.30. The van der Waals surface area contributed by atoms with E-state index in [-0.39, 0.29) is 12.2 Å². The normalized spacial score (nSPS) is 13.2. The van der Waals surface area contributed by atoms with Gasteiger partial charge in [0, 0.05) is 16.9 Å². The highest BCUT2D eigenvalue weighted by molar-refractivity contribution is 6.30. The van der Waals surface area contributed by atoms with Gasteiger partial charge in [0.05, 0.1) is 6.10 Å². The lowest BCUT2D eigenvalue weighted by Gasteiger charge is -2.31. The number of aliphatic hydroxyl groups excluding tert-OH is 1. The highest BCUT2D eigenvalue weighted by Crippen LogP contribution is 2.30. The summed E-state index contributed by atoms with van der Waals surface area (Å²) in [6.07, 6.45) is -0.688. The molecule has 4 heteroatoms. The van der Waals surface area contributed by atoms with Crippen LogP contribution in [-0.4, -0.2) is 11.2 Å². The molecule has 0 bridgehead atoms. The first-order valence-electron chi connectivity index (χ1n) is 6.69. The van der Waals surface area contributed by atoms with Gasteiger partial charge in [0.15, 0.2) is 0 Å². The Morgan fingerprint density at radius 1 is 1.10 bits per heavy atom. The summed E-state index contributed by atoms with van der Waals surface area (Å²) in [4.78, 5) is 0. The molecule has 1 unspecified atom stereocenters. The number of hydrogen-bond acceptors (Lipinski definition) is 1. The second kappa shape index (κ2) is 6.12. The fraction of sp³-hybridized carbons (Fsp3) is 0.294. The molecule has 0 heterocycles. The molecule has 0 radical (unpaired) electrons. The molecule has 0 aliphatic rings. The summed E-state index contributed by atoms with van der Waals surface area (Å²) in [5, 5.41) is 10.9. The zero-order valence-electron chi connectivity index (χ0n) is 11.9. The van der Waals surface area contributed by atoms with Crippen LogP contribution < -0.4 is 0 Å². The number of aliphatic hydroxyl groups is 1. The zero-order chi connectivity index (χ0) is 15.6. The van der Waals surface area contributed by atoms with Gasteiger partial charge in [-0.3, -0.25) is 0 Å². The Bertz CT molecular complexity index is 623. The van der Waals surface area contributed by atoms with Crippen molar-refractivity contribution in [1.29, 1.82) is 0 Å². The van der Waals surface area contributed by atoms with Gasteiger partial charge in [0.1, 0.15) is 11.6 Å². The predicted octanol–water partition coefficient (Wildman–Crippen LogP) is 4.50. The maximum absolute atomic E-state index is 13.8. The summed E-state index contributed by atoms with van der Waals surface area (Å²) < 4.78 is 26.7. The largest absolute Gasteiger partial charge is 0.392 e. The molecule has 1 N–H and O–H groups in total. The smallest absolute Gasteiger partial charge is 0.126 e. The zero-order valence-corrected chi connectivity index (χ0v) is 12.7. The Kier molecular flexibility index (Phi) is 4.64. The fourth-order valence-electron chi connectivity index (χ4n) is 2.24. The van der Waals surface area contributed by atoms with Gasteiger partial charge in [-0.15, -0.1) is 0 Å². The van der Waals surface area contributed by atoms with Crippen LogP contribution in [0.2, 0.25) is 5.02 Å². The van der Waals surface area contributed by atoms with Crippen molar-refractivity contribution in [2.45, 2.75) is 31.8 Å². The van der Waals surface area contributed by atoms with Crippen LogP contribution >= 0.6 is 11.6 Å². The van der Waals surface area contributed by atoms with E-state index in [2.05, 4.69) is 0 Å². The SMILES string of the molecule is CC(C)(c1ccc(F)cc1)C(O)Cc1cc(Cl)ccc1F. The maximum atomic E-state index is 13.8. The Morgan fingerprint density at radius 3 is 2.33 bits per heavy atom. The molecule has 0 spiro atoms. The van der Waals surface area contributed by atoms with Gasteiger partial charge in [-0.2, -0.15) is 0 Å². The van der Waals surface area contributed by atoms with E-state index in [1.807, 2.05) is 13.8 Å². The van der Waals surface area contributed by atoms with Crippen molar-refractivity contribution >= 4 is 11.6 Å². The minimum atomic E-state index is -0.823. The summed E-state index contributed by atoms with van der Waals surface area (Å²) in [7, 11) is 0. The van der Waals surface area contributed by atoms with Crippen LogP contribution in [0.4, 0.5) is 8.78 Å². The standard InChI is InChI=1S/C17H17ClF2O/c1-17(2,12-3-6-14(19)7-4-12)16(21)10-11-9-13(18)5-8-15(11)20/h3-9,16,21H,10H2,1-2H3. The Labute approximate surface area is 128 Å². The van der Waals surface area contributed by atoms with Crippen LogP contribution in [0.15, 0.2) is 42.5 Å². The van der Waals surface area contributed by atoms with Gasteiger partial charge in [-0.1, -0.05) is 37.6 Å². The molecular formula is C17H17ClF2O. The van der Waals surface area contributed by atoms with Crippen LogP contribution in [-0.2, 0) is 11.8 Å². The van der Waals surface area contributed by atoms with Gasteiger partial charge in [0.2, 0.25) is 0 Å². The van der Waals surface area contributed by atoms with Crippen molar-refractivity contribution in [3.63, 3.8) is 0 Å². The molecule has 21 heavy (non-hydrogen) atoms. The third kappa shape index (κ3) is 3.60. The van der Waals surface area contributed by atoms with Crippen molar-refractivity contribution in [2.75, 3.05) is 0 Å². The van der Waals surface area contributed by atoms with Gasteiger partial charge in [-0.05, 0) is 41.5 Å².